The van der Waals surface area contributed by atoms with Crippen LogP contribution in [0.3, 0.4) is 0 Å². The highest BCUT2D eigenvalue weighted by molar-refractivity contribution is 9.10. The molecule has 2 N–H and O–H groups in total. The van der Waals surface area contributed by atoms with Gasteiger partial charge in [0.15, 0.2) is 0 Å². The van der Waals surface area contributed by atoms with Gasteiger partial charge < -0.3 is 10.6 Å². The Morgan fingerprint density at radius 1 is 1.25 bits per heavy atom. The van der Waals surface area contributed by atoms with Gasteiger partial charge in [0, 0.05) is 18.7 Å². The second-order valence-electron chi connectivity index (χ2n) is 4.81. The molecule has 1 aromatic carbocycles. The summed E-state index contributed by atoms with van der Waals surface area (Å²) in [5, 5.41) is 6.17. The Morgan fingerprint density at radius 2 is 2.05 bits per heavy atom. The van der Waals surface area contributed by atoms with Crippen molar-refractivity contribution in [2.75, 3.05) is 5.32 Å². The molecule has 0 saturated carbocycles. The lowest BCUT2D eigenvalue weighted by molar-refractivity contribution is 0.102. The summed E-state index contributed by atoms with van der Waals surface area (Å²) in [5.74, 6) is -0.105. The first-order chi connectivity index (χ1) is 9.63. The van der Waals surface area contributed by atoms with Crippen molar-refractivity contribution >= 4 is 27.5 Å². The lowest BCUT2D eigenvalue weighted by Crippen LogP contribution is -2.13. The fourth-order valence-corrected chi connectivity index (χ4v) is 2.69. The topological polar surface area (TPSA) is 54.0 Å². The van der Waals surface area contributed by atoms with Crippen molar-refractivity contribution in [3.05, 3.63) is 57.3 Å². The largest absolute Gasteiger partial charge is 0.320 e. The van der Waals surface area contributed by atoms with E-state index in [1.807, 2.05) is 37.3 Å². The van der Waals surface area contributed by atoms with E-state index in [0.717, 1.165) is 29.1 Å². The highest BCUT2D eigenvalue weighted by Crippen LogP contribution is 2.20. The minimum absolute atomic E-state index is 0.105. The number of halogens is 1. The molecule has 102 valence electrons. The predicted molar refractivity (Wildman–Crippen MR) is 81.6 cm³/mol. The van der Waals surface area contributed by atoms with Crippen LogP contribution in [0.2, 0.25) is 0 Å². The summed E-state index contributed by atoms with van der Waals surface area (Å²) in [5.41, 5.74) is 4.66. The molecule has 3 rings (SSSR count). The van der Waals surface area contributed by atoms with Gasteiger partial charge in [-0.25, -0.2) is 4.98 Å². The van der Waals surface area contributed by atoms with Gasteiger partial charge in [-0.15, -0.1) is 0 Å². The van der Waals surface area contributed by atoms with E-state index >= 15 is 0 Å². The van der Waals surface area contributed by atoms with E-state index in [9.17, 15) is 4.79 Å². The van der Waals surface area contributed by atoms with Crippen LogP contribution in [0.15, 0.2) is 34.9 Å². The minimum Gasteiger partial charge on any atom is -0.320 e. The van der Waals surface area contributed by atoms with E-state index in [-0.39, 0.29) is 5.91 Å². The zero-order valence-electron chi connectivity index (χ0n) is 11.0. The molecule has 1 aliphatic rings. The van der Waals surface area contributed by atoms with Gasteiger partial charge in [0.05, 0.1) is 11.4 Å². The molecule has 0 radical (unpaired) electrons. The van der Waals surface area contributed by atoms with Gasteiger partial charge in [-0.3, -0.25) is 4.79 Å². The lowest BCUT2D eigenvalue weighted by atomic mass is 10.1. The monoisotopic (exact) mass is 331 g/mol. The molecule has 1 amide bonds. The molecule has 0 bridgehead atoms. The van der Waals surface area contributed by atoms with E-state index < -0.39 is 0 Å². The van der Waals surface area contributed by atoms with Crippen LogP contribution in [0.4, 0.5) is 5.69 Å². The number of anilines is 1. The molecule has 2 heterocycles. The number of fused-ring (bicyclic) bond motifs is 1. The molecule has 4 nitrogen and oxygen atoms in total. The van der Waals surface area contributed by atoms with Crippen LogP contribution in [-0.4, -0.2) is 10.9 Å². The maximum atomic E-state index is 12.3. The van der Waals surface area contributed by atoms with E-state index in [2.05, 4.69) is 31.5 Å². The number of rotatable bonds is 2. The maximum absolute atomic E-state index is 12.3. The summed E-state index contributed by atoms with van der Waals surface area (Å²) in [6, 6.07) is 9.49. The molecule has 5 heteroatoms. The third-order valence-corrected chi connectivity index (χ3v) is 3.84. The zero-order valence-corrected chi connectivity index (χ0v) is 12.6. The molecular weight excluding hydrogens is 318 g/mol. The van der Waals surface area contributed by atoms with Crippen molar-refractivity contribution < 1.29 is 4.79 Å². The van der Waals surface area contributed by atoms with Crippen molar-refractivity contribution in [3.8, 4) is 0 Å². The van der Waals surface area contributed by atoms with Crippen LogP contribution in [0.25, 0.3) is 0 Å². The number of benzene rings is 1. The van der Waals surface area contributed by atoms with Crippen LogP contribution in [-0.2, 0) is 13.1 Å². The number of amides is 1. The first kappa shape index (κ1) is 13.3. The van der Waals surface area contributed by atoms with Crippen molar-refractivity contribution in [1.82, 2.24) is 10.3 Å². The van der Waals surface area contributed by atoms with E-state index in [4.69, 9.17) is 0 Å². The molecule has 0 fully saturated rings. The molecule has 0 spiro atoms. The molecule has 1 aromatic heterocycles. The maximum Gasteiger partial charge on any atom is 0.255 e. The Bertz CT molecular complexity index is 685. The highest BCUT2D eigenvalue weighted by Gasteiger charge is 2.14. The van der Waals surface area contributed by atoms with Crippen molar-refractivity contribution in [3.63, 3.8) is 0 Å². The fourth-order valence-electron chi connectivity index (χ4n) is 2.29. The van der Waals surface area contributed by atoms with Crippen LogP contribution in [0, 0.1) is 6.92 Å². The van der Waals surface area contributed by atoms with Gasteiger partial charge >= 0.3 is 0 Å². The summed E-state index contributed by atoms with van der Waals surface area (Å²) in [4.78, 5) is 16.6. The van der Waals surface area contributed by atoms with Gasteiger partial charge in [-0.1, -0.05) is 6.07 Å². The van der Waals surface area contributed by atoms with Crippen molar-refractivity contribution in [1.29, 1.82) is 0 Å². The Kier molecular flexibility index (Phi) is 3.54. The van der Waals surface area contributed by atoms with Gasteiger partial charge in [0.25, 0.3) is 5.91 Å². The molecular formula is C15H14BrN3O. The molecule has 20 heavy (non-hydrogen) atoms. The average molecular weight is 332 g/mol. The molecule has 0 saturated heterocycles. The summed E-state index contributed by atoms with van der Waals surface area (Å²) in [6.07, 6.45) is 0. The average Bonchev–Trinajstić information content (AvgIpc) is 2.89. The first-order valence-electron chi connectivity index (χ1n) is 6.40. The molecule has 0 atom stereocenters. The Labute approximate surface area is 125 Å². The number of hydrogen-bond acceptors (Lipinski definition) is 3. The number of aryl methyl sites for hydroxylation is 1. The second kappa shape index (κ2) is 5.34. The van der Waals surface area contributed by atoms with E-state index in [1.54, 1.807) is 0 Å². The molecule has 0 aliphatic carbocycles. The summed E-state index contributed by atoms with van der Waals surface area (Å²) >= 11 is 3.31. The van der Waals surface area contributed by atoms with Gasteiger partial charge in [-0.05, 0) is 58.2 Å². The number of aromatic nitrogens is 1. The van der Waals surface area contributed by atoms with Crippen molar-refractivity contribution in [2.24, 2.45) is 0 Å². The van der Waals surface area contributed by atoms with Crippen LogP contribution >= 0.6 is 15.9 Å². The van der Waals surface area contributed by atoms with Gasteiger partial charge in [0.2, 0.25) is 0 Å². The first-order valence-corrected chi connectivity index (χ1v) is 7.20. The highest BCUT2D eigenvalue weighted by atomic mass is 79.9. The Hall–Kier alpha value is -1.72. The standard InChI is InChI=1S/C15H14BrN3O/c1-9-13(4-5-14(16)18-9)19-15(20)10-2-3-11-7-17-8-12(11)6-10/h2-6,17H,7-8H2,1H3,(H,19,20). The number of carbonyl (C=O) groups is 1. The zero-order chi connectivity index (χ0) is 14.1. The predicted octanol–water partition coefficient (Wildman–Crippen LogP) is 3.01. The molecule has 2 aromatic rings. The molecule has 1 aliphatic heterocycles. The van der Waals surface area contributed by atoms with Crippen LogP contribution in [0.5, 0.6) is 0 Å². The molecule has 0 unspecified atom stereocenters. The number of pyridine rings is 1. The van der Waals surface area contributed by atoms with E-state index in [1.165, 1.54) is 11.1 Å². The second-order valence-corrected chi connectivity index (χ2v) is 5.62. The third kappa shape index (κ3) is 2.59. The van der Waals surface area contributed by atoms with Crippen LogP contribution in [0.1, 0.15) is 27.2 Å². The summed E-state index contributed by atoms with van der Waals surface area (Å²) < 4.78 is 0.761. The van der Waals surface area contributed by atoms with E-state index in [0.29, 0.717) is 5.56 Å². The fraction of sp³-hybridized carbons (Fsp3) is 0.200. The number of nitrogens with zero attached hydrogens (tertiary/aromatic N) is 1. The Balaban J connectivity index is 1.82. The lowest BCUT2D eigenvalue weighted by Gasteiger charge is -2.09. The smallest absolute Gasteiger partial charge is 0.255 e. The Morgan fingerprint density at radius 3 is 2.85 bits per heavy atom. The SMILES string of the molecule is Cc1nc(Br)ccc1NC(=O)c1ccc2c(c1)CNC2. The summed E-state index contributed by atoms with van der Waals surface area (Å²) in [6.45, 7) is 3.58. The minimum atomic E-state index is -0.105. The van der Waals surface area contributed by atoms with Gasteiger partial charge in [-0.2, -0.15) is 0 Å². The van der Waals surface area contributed by atoms with Crippen molar-refractivity contribution in [2.45, 2.75) is 20.0 Å². The number of nitrogens with one attached hydrogen (secondary N) is 2. The van der Waals surface area contributed by atoms with Gasteiger partial charge in [0.1, 0.15) is 4.60 Å². The van der Waals surface area contributed by atoms with Crippen LogP contribution < -0.4 is 10.6 Å². The number of hydrogen-bond donors (Lipinski definition) is 2. The number of carbonyl (C=O) groups excluding carboxylic acids is 1. The normalized spacial score (nSPS) is 13.1. The quantitative estimate of drug-likeness (QED) is 0.832. The third-order valence-electron chi connectivity index (χ3n) is 3.40. The summed E-state index contributed by atoms with van der Waals surface area (Å²) in [7, 11) is 0.